The Morgan fingerprint density at radius 1 is 1.33 bits per heavy atom. The minimum atomic E-state index is 0.618. The fourth-order valence-electron chi connectivity index (χ4n) is 2.87. The van der Waals surface area contributed by atoms with E-state index >= 15 is 0 Å². The minimum Gasteiger partial charge on any atom is -0.381 e. The van der Waals surface area contributed by atoms with Gasteiger partial charge in [-0.05, 0) is 59.7 Å². The van der Waals surface area contributed by atoms with Crippen LogP contribution in [0.1, 0.15) is 45.2 Å². The third kappa shape index (κ3) is 3.47. The maximum absolute atomic E-state index is 4.45. The minimum absolute atomic E-state index is 0.618. The molecule has 1 heterocycles. The number of nitrogens with zero attached hydrogens (tertiary/aromatic N) is 1. The van der Waals surface area contributed by atoms with Gasteiger partial charge in [0.2, 0.25) is 0 Å². The molecule has 0 amide bonds. The van der Waals surface area contributed by atoms with Crippen molar-refractivity contribution in [1.29, 1.82) is 0 Å². The Bertz CT molecular complexity index is 403. The lowest BCUT2D eigenvalue weighted by molar-refractivity contribution is 0.264. The van der Waals surface area contributed by atoms with E-state index in [9.17, 15) is 0 Å². The van der Waals surface area contributed by atoms with E-state index in [0.29, 0.717) is 6.04 Å². The van der Waals surface area contributed by atoms with E-state index in [2.05, 4.69) is 53.1 Å². The average Bonchev–Trinajstić information content (AvgIpc) is 2.33. The number of hydrogen-bond donors (Lipinski definition) is 1. The third-order valence-corrected chi connectivity index (χ3v) is 4.51. The lowest BCUT2D eigenvalue weighted by atomic mass is 9.79. The van der Waals surface area contributed by atoms with Crippen molar-refractivity contribution in [2.45, 2.75) is 52.5 Å². The number of hydrogen-bond acceptors (Lipinski definition) is 2. The zero-order chi connectivity index (χ0) is 13.1. The van der Waals surface area contributed by atoms with Gasteiger partial charge in [-0.1, -0.05) is 26.7 Å². The van der Waals surface area contributed by atoms with Crippen LogP contribution in [0.4, 0.5) is 5.69 Å². The maximum atomic E-state index is 4.45. The van der Waals surface area contributed by atoms with Crippen molar-refractivity contribution >= 4 is 21.6 Å². The summed E-state index contributed by atoms with van der Waals surface area (Å²) in [5.41, 5.74) is 2.27. The summed E-state index contributed by atoms with van der Waals surface area (Å²) < 4.78 is 0.911. The van der Waals surface area contributed by atoms with E-state index in [0.717, 1.165) is 22.1 Å². The lowest BCUT2D eigenvalue weighted by Crippen LogP contribution is -2.29. The Balaban J connectivity index is 2.00. The Kier molecular flexibility index (Phi) is 4.66. The van der Waals surface area contributed by atoms with Gasteiger partial charge in [0.15, 0.2) is 0 Å². The van der Waals surface area contributed by atoms with E-state index in [-0.39, 0.29) is 0 Å². The fraction of sp³-hybridized carbons (Fsp3) is 0.667. The largest absolute Gasteiger partial charge is 0.381 e. The molecule has 2 nitrogen and oxygen atoms in total. The molecule has 1 aromatic heterocycles. The number of pyridine rings is 1. The number of anilines is 1. The molecule has 0 bridgehead atoms. The maximum Gasteiger partial charge on any atom is 0.106 e. The first-order valence-electron chi connectivity index (χ1n) is 6.96. The van der Waals surface area contributed by atoms with E-state index in [1.807, 2.05) is 6.07 Å². The first-order chi connectivity index (χ1) is 8.56. The summed E-state index contributed by atoms with van der Waals surface area (Å²) in [4.78, 5) is 4.45. The molecule has 1 aliphatic carbocycles. The van der Waals surface area contributed by atoms with Gasteiger partial charge in [0.25, 0.3) is 0 Å². The molecule has 100 valence electrons. The highest BCUT2D eigenvalue weighted by Crippen LogP contribution is 2.32. The summed E-state index contributed by atoms with van der Waals surface area (Å²) in [6.07, 6.45) is 5.34. The fourth-order valence-corrected chi connectivity index (χ4v) is 3.27. The predicted octanol–water partition coefficient (Wildman–Crippen LogP) is 4.78. The van der Waals surface area contributed by atoms with Crippen LogP contribution in [0.15, 0.2) is 16.7 Å². The zero-order valence-electron chi connectivity index (χ0n) is 11.5. The standard InChI is InChI=1S/C15H23BrN2/c1-10(2)12-5-4-6-13(9-12)18-14-7-8-15(16)17-11(14)3/h7-8,10,12-13,18H,4-6,9H2,1-3H3. The number of aromatic nitrogens is 1. The van der Waals surface area contributed by atoms with Crippen LogP contribution in [-0.2, 0) is 0 Å². The molecule has 0 saturated heterocycles. The van der Waals surface area contributed by atoms with Crippen LogP contribution in [0.25, 0.3) is 0 Å². The number of aryl methyl sites for hydroxylation is 1. The second-order valence-corrected chi connectivity index (χ2v) is 6.59. The monoisotopic (exact) mass is 310 g/mol. The van der Waals surface area contributed by atoms with Crippen molar-refractivity contribution in [2.24, 2.45) is 11.8 Å². The summed E-state index contributed by atoms with van der Waals surface area (Å²) in [6.45, 7) is 6.76. The Labute approximate surface area is 119 Å². The van der Waals surface area contributed by atoms with Crippen LogP contribution >= 0.6 is 15.9 Å². The predicted molar refractivity (Wildman–Crippen MR) is 80.9 cm³/mol. The van der Waals surface area contributed by atoms with E-state index in [1.54, 1.807) is 0 Å². The molecule has 2 rings (SSSR count). The summed E-state index contributed by atoms with van der Waals surface area (Å²) in [6, 6.07) is 4.76. The van der Waals surface area contributed by atoms with Crippen LogP contribution in [0, 0.1) is 18.8 Å². The normalized spacial score (nSPS) is 24.3. The summed E-state index contributed by atoms with van der Waals surface area (Å²) >= 11 is 3.41. The van der Waals surface area contributed by atoms with Crippen LogP contribution in [0.2, 0.25) is 0 Å². The van der Waals surface area contributed by atoms with E-state index in [1.165, 1.54) is 31.4 Å². The Morgan fingerprint density at radius 3 is 2.78 bits per heavy atom. The topological polar surface area (TPSA) is 24.9 Å². The number of rotatable bonds is 3. The average molecular weight is 311 g/mol. The van der Waals surface area contributed by atoms with Gasteiger partial charge in [-0.3, -0.25) is 0 Å². The molecule has 0 aromatic carbocycles. The van der Waals surface area contributed by atoms with Crippen LogP contribution in [0.5, 0.6) is 0 Å². The first-order valence-corrected chi connectivity index (χ1v) is 7.75. The Hall–Kier alpha value is -0.570. The van der Waals surface area contributed by atoms with Crippen LogP contribution in [-0.4, -0.2) is 11.0 Å². The van der Waals surface area contributed by atoms with E-state index in [4.69, 9.17) is 0 Å². The molecule has 0 spiro atoms. The Morgan fingerprint density at radius 2 is 2.11 bits per heavy atom. The van der Waals surface area contributed by atoms with Crippen molar-refractivity contribution in [3.05, 3.63) is 22.4 Å². The highest BCUT2D eigenvalue weighted by molar-refractivity contribution is 9.10. The number of halogens is 1. The van der Waals surface area contributed by atoms with Crippen molar-refractivity contribution in [2.75, 3.05) is 5.32 Å². The van der Waals surface area contributed by atoms with Gasteiger partial charge >= 0.3 is 0 Å². The molecule has 1 N–H and O–H groups in total. The van der Waals surface area contributed by atoms with Crippen molar-refractivity contribution in [3.8, 4) is 0 Å². The molecule has 0 aliphatic heterocycles. The summed E-state index contributed by atoms with van der Waals surface area (Å²) in [7, 11) is 0. The molecule has 2 unspecified atom stereocenters. The molecule has 3 heteroatoms. The quantitative estimate of drug-likeness (QED) is 0.813. The molecule has 1 saturated carbocycles. The van der Waals surface area contributed by atoms with Crippen LogP contribution in [0.3, 0.4) is 0 Å². The molecule has 1 aromatic rings. The van der Waals surface area contributed by atoms with Gasteiger partial charge in [0.05, 0.1) is 11.4 Å². The van der Waals surface area contributed by atoms with Gasteiger partial charge < -0.3 is 5.32 Å². The van der Waals surface area contributed by atoms with Crippen molar-refractivity contribution in [1.82, 2.24) is 4.98 Å². The van der Waals surface area contributed by atoms with Crippen LogP contribution < -0.4 is 5.32 Å². The van der Waals surface area contributed by atoms with Crippen molar-refractivity contribution in [3.63, 3.8) is 0 Å². The molecular formula is C15H23BrN2. The number of nitrogens with one attached hydrogen (secondary N) is 1. The summed E-state index contributed by atoms with van der Waals surface area (Å²) in [5.74, 6) is 1.68. The van der Waals surface area contributed by atoms with Gasteiger partial charge in [0.1, 0.15) is 4.60 Å². The third-order valence-electron chi connectivity index (χ3n) is 4.07. The van der Waals surface area contributed by atoms with Gasteiger partial charge in [-0.25, -0.2) is 4.98 Å². The highest BCUT2D eigenvalue weighted by Gasteiger charge is 2.24. The van der Waals surface area contributed by atoms with Gasteiger partial charge in [-0.15, -0.1) is 0 Å². The smallest absolute Gasteiger partial charge is 0.106 e. The molecule has 1 fully saturated rings. The molecule has 0 radical (unpaired) electrons. The lowest BCUT2D eigenvalue weighted by Gasteiger charge is -2.32. The molecule has 2 atom stereocenters. The second-order valence-electron chi connectivity index (χ2n) is 5.78. The summed E-state index contributed by atoms with van der Waals surface area (Å²) in [5, 5.41) is 3.68. The highest BCUT2D eigenvalue weighted by atomic mass is 79.9. The molecule has 18 heavy (non-hydrogen) atoms. The SMILES string of the molecule is Cc1nc(Br)ccc1NC1CCCC(C(C)C)C1. The van der Waals surface area contributed by atoms with Gasteiger partial charge in [0, 0.05) is 6.04 Å². The van der Waals surface area contributed by atoms with E-state index < -0.39 is 0 Å². The van der Waals surface area contributed by atoms with Gasteiger partial charge in [-0.2, -0.15) is 0 Å². The molecular weight excluding hydrogens is 288 g/mol. The second kappa shape index (κ2) is 6.05. The zero-order valence-corrected chi connectivity index (χ0v) is 13.1. The molecule has 1 aliphatic rings. The first kappa shape index (κ1) is 13.9. The van der Waals surface area contributed by atoms with Crippen molar-refractivity contribution < 1.29 is 0 Å².